The lowest BCUT2D eigenvalue weighted by atomic mass is 10.0. The summed E-state index contributed by atoms with van der Waals surface area (Å²) >= 11 is 5.93. The van der Waals surface area contributed by atoms with Crippen LogP contribution < -0.4 is 10.5 Å². The molecular weight excluding hydrogens is 368 g/mol. The van der Waals surface area contributed by atoms with E-state index >= 15 is 0 Å². The van der Waals surface area contributed by atoms with Crippen molar-refractivity contribution in [2.75, 3.05) is 24.5 Å². The second kappa shape index (κ2) is 6.92. The van der Waals surface area contributed by atoms with Crippen LogP contribution in [-0.4, -0.2) is 56.9 Å². The van der Waals surface area contributed by atoms with E-state index in [2.05, 4.69) is 25.3 Å². The van der Waals surface area contributed by atoms with Crippen LogP contribution in [0.15, 0.2) is 16.9 Å². The summed E-state index contributed by atoms with van der Waals surface area (Å²) in [5.74, 6) is 1.03. The fourth-order valence-corrected chi connectivity index (χ4v) is 4.19. The van der Waals surface area contributed by atoms with Gasteiger partial charge in [0.05, 0.1) is 23.0 Å². The Balaban J connectivity index is 1.57. The first-order chi connectivity index (χ1) is 13.0. The van der Waals surface area contributed by atoms with Crippen LogP contribution in [0.5, 0.6) is 0 Å². The summed E-state index contributed by atoms with van der Waals surface area (Å²) in [5.41, 5.74) is 1.72. The average Bonchev–Trinajstić information content (AvgIpc) is 3.24. The summed E-state index contributed by atoms with van der Waals surface area (Å²) in [7, 11) is 0. The summed E-state index contributed by atoms with van der Waals surface area (Å²) in [5, 5.41) is 14.9. The van der Waals surface area contributed by atoms with Gasteiger partial charge in [-0.3, -0.25) is 9.59 Å². The molecule has 0 bridgehead atoms. The number of nitrogens with one attached hydrogen (secondary N) is 1. The smallest absolute Gasteiger partial charge is 0.283 e. The monoisotopic (exact) mass is 388 g/mol. The van der Waals surface area contributed by atoms with E-state index in [-0.39, 0.29) is 17.0 Å². The zero-order valence-corrected chi connectivity index (χ0v) is 16.0. The van der Waals surface area contributed by atoms with Gasteiger partial charge in [-0.2, -0.15) is 15.3 Å². The van der Waals surface area contributed by atoms with E-state index in [1.165, 1.54) is 0 Å². The highest BCUT2D eigenvalue weighted by Gasteiger charge is 2.44. The number of aromatic amines is 1. The third kappa shape index (κ3) is 3.18. The van der Waals surface area contributed by atoms with Gasteiger partial charge in [-0.15, -0.1) is 0 Å². The predicted octanol–water partition coefficient (Wildman–Crippen LogP) is 1.44. The summed E-state index contributed by atoms with van der Waals surface area (Å²) in [6, 6.07) is 3.53. The number of aromatic nitrogens is 4. The maximum Gasteiger partial charge on any atom is 0.283 e. The van der Waals surface area contributed by atoms with Gasteiger partial charge in [0.1, 0.15) is 5.02 Å². The standard InChI is InChI=1S/C18H21ClN6O2/c1-3-14-12(6-10(2)20-21-14)18(27)25-5-4-11-8-24(9-15(11)25)16-7-13(19)17(26)23-22-16/h6-7,11,15H,3-5,8-9H2,1-2H3,(H,23,26)/t11-,15+/m1/s1. The van der Waals surface area contributed by atoms with Crippen molar-refractivity contribution >= 4 is 23.3 Å². The minimum Gasteiger partial charge on any atom is -0.353 e. The van der Waals surface area contributed by atoms with Gasteiger partial charge in [0, 0.05) is 31.6 Å². The molecule has 2 aliphatic rings. The Bertz CT molecular complexity index is 946. The van der Waals surface area contributed by atoms with E-state index in [1.807, 2.05) is 24.8 Å². The van der Waals surface area contributed by atoms with Crippen molar-refractivity contribution in [2.24, 2.45) is 5.92 Å². The van der Waals surface area contributed by atoms with Gasteiger partial charge in [-0.05, 0) is 25.8 Å². The Morgan fingerprint density at radius 2 is 2.15 bits per heavy atom. The predicted molar refractivity (Wildman–Crippen MR) is 101 cm³/mol. The number of rotatable bonds is 3. The molecule has 2 atom stereocenters. The molecule has 4 rings (SSSR count). The zero-order valence-electron chi connectivity index (χ0n) is 15.3. The molecule has 0 unspecified atom stereocenters. The van der Waals surface area contributed by atoms with Gasteiger partial charge in [0.15, 0.2) is 5.82 Å². The number of amides is 1. The minimum absolute atomic E-state index is 0.0201. The molecule has 0 aliphatic carbocycles. The molecule has 9 heteroatoms. The second-order valence-corrected chi connectivity index (χ2v) is 7.53. The quantitative estimate of drug-likeness (QED) is 0.854. The number of anilines is 1. The average molecular weight is 389 g/mol. The van der Waals surface area contributed by atoms with Crippen LogP contribution in [0.1, 0.15) is 35.1 Å². The molecule has 0 radical (unpaired) electrons. The molecule has 27 heavy (non-hydrogen) atoms. The molecule has 2 aromatic heterocycles. The summed E-state index contributed by atoms with van der Waals surface area (Å²) in [4.78, 5) is 28.7. The van der Waals surface area contributed by atoms with Crippen LogP contribution >= 0.6 is 11.6 Å². The Hall–Kier alpha value is -2.48. The number of halogens is 1. The number of nitrogens with zero attached hydrogens (tertiary/aromatic N) is 5. The number of H-pyrrole nitrogens is 1. The Morgan fingerprint density at radius 3 is 2.89 bits per heavy atom. The zero-order chi connectivity index (χ0) is 19.1. The van der Waals surface area contributed by atoms with Crippen molar-refractivity contribution in [3.05, 3.63) is 44.5 Å². The number of fused-ring (bicyclic) bond motifs is 1. The van der Waals surface area contributed by atoms with Gasteiger partial charge in [0.25, 0.3) is 11.5 Å². The normalized spacial score (nSPS) is 21.6. The number of likely N-dealkylation sites (tertiary alicyclic amines) is 1. The van der Waals surface area contributed by atoms with Gasteiger partial charge in [-0.1, -0.05) is 18.5 Å². The van der Waals surface area contributed by atoms with Crippen molar-refractivity contribution in [1.82, 2.24) is 25.3 Å². The molecule has 1 N–H and O–H groups in total. The van der Waals surface area contributed by atoms with Gasteiger partial charge < -0.3 is 9.80 Å². The SMILES string of the molecule is CCc1nnc(C)cc1C(=O)N1CC[C@@H]2CN(c3cc(Cl)c(=O)[nH]n3)C[C@@H]21. The number of hydrogen-bond donors (Lipinski definition) is 1. The summed E-state index contributed by atoms with van der Waals surface area (Å²) < 4.78 is 0. The molecule has 1 amide bonds. The highest BCUT2D eigenvalue weighted by Crippen LogP contribution is 2.34. The van der Waals surface area contributed by atoms with Crippen LogP contribution in [0.25, 0.3) is 0 Å². The van der Waals surface area contributed by atoms with Gasteiger partial charge in [0.2, 0.25) is 0 Å². The molecule has 0 aromatic carbocycles. The van der Waals surface area contributed by atoms with Crippen molar-refractivity contribution in [2.45, 2.75) is 32.7 Å². The molecule has 8 nitrogen and oxygen atoms in total. The first-order valence-electron chi connectivity index (χ1n) is 9.12. The van der Waals surface area contributed by atoms with Crippen LogP contribution in [0.4, 0.5) is 5.82 Å². The molecule has 0 spiro atoms. The first-order valence-corrected chi connectivity index (χ1v) is 9.50. The van der Waals surface area contributed by atoms with Crippen LogP contribution in [0.3, 0.4) is 0 Å². The maximum absolute atomic E-state index is 13.2. The Labute approximate surface area is 161 Å². The Kier molecular flexibility index (Phi) is 4.59. The van der Waals surface area contributed by atoms with E-state index in [0.717, 1.165) is 30.9 Å². The van der Waals surface area contributed by atoms with Crippen molar-refractivity contribution in [3.8, 4) is 0 Å². The number of hydrogen-bond acceptors (Lipinski definition) is 6. The number of carbonyl (C=O) groups excluding carboxylic acids is 1. The fourth-order valence-electron chi connectivity index (χ4n) is 4.05. The van der Waals surface area contributed by atoms with Gasteiger partial charge in [-0.25, -0.2) is 5.10 Å². The lowest BCUT2D eigenvalue weighted by Crippen LogP contribution is -2.40. The third-order valence-corrected chi connectivity index (χ3v) is 5.72. The van der Waals surface area contributed by atoms with E-state index in [0.29, 0.717) is 30.3 Å². The molecule has 2 saturated heterocycles. The Morgan fingerprint density at radius 1 is 1.33 bits per heavy atom. The fraction of sp³-hybridized carbons (Fsp3) is 0.500. The van der Waals surface area contributed by atoms with E-state index in [4.69, 9.17) is 11.6 Å². The lowest BCUT2D eigenvalue weighted by Gasteiger charge is -2.26. The molecule has 2 fully saturated rings. The molecule has 2 aromatic rings. The minimum atomic E-state index is -0.399. The molecule has 0 saturated carbocycles. The molecule has 2 aliphatic heterocycles. The molecule has 142 valence electrons. The summed E-state index contributed by atoms with van der Waals surface area (Å²) in [6.07, 6.45) is 1.62. The van der Waals surface area contributed by atoms with Crippen molar-refractivity contribution in [3.63, 3.8) is 0 Å². The van der Waals surface area contributed by atoms with E-state index in [1.54, 1.807) is 6.07 Å². The topological polar surface area (TPSA) is 95.1 Å². The molecule has 4 heterocycles. The van der Waals surface area contributed by atoms with E-state index in [9.17, 15) is 9.59 Å². The largest absolute Gasteiger partial charge is 0.353 e. The number of aryl methyl sites for hydroxylation is 2. The van der Waals surface area contributed by atoms with Crippen LogP contribution in [0.2, 0.25) is 5.02 Å². The van der Waals surface area contributed by atoms with E-state index < -0.39 is 5.56 Å². The highest BCUT2D eigenvalue weighted by atomic mass is 35.5. The highest BCUT2D eigenvalue weighted by molar-refractivity contribution is 6.30. The van der Waals surface area contributed by atoms with Gasteiger partial charge >= 0.3 is 0 Å². The van der Waals surface area contributed by atoms with Crippen molar-refractivity contribution < 1.29 is 4.79 Å². The number of carbonyl (C=O) groups is 1. The van der Waals surface area contributed by atoms with Crippen LogP contribution in [-0.2, 0) is 6.42 Å². The van der Waals surface area contributed by atoms with Crippen molar-refractivity contribution in [1.29, 1.82) is 0 Å². The first kappa shape index (κ1) is 17.9. The summed E-state index contributed by atoms with van der Waals surface area (Å²) in [6.45, 7) is 6.03. The maximum atomic E-state index is 13.2. The molecular formula is C18H21ClN6O2. The second-order valence-electron chi connectivity index (χ2n) is 7.12. The van der Waals surface area contributed by atoms with Crippen LogP contribution in [0, 0.1) is 12.8 Å². The lowest BCUT2D eigenvalue weighted by molar-refractivity contribution is 0.0736. The third-order valence-electron chi connectivity index (χ3n) is 5.44.